The molecule has 1 spiro atoms. The Balaban J connectivity index is 1.39. The van der Waals surface area contributed by atoms with Gasteiger partial charge in [-0.25, -0.2) is 0 Å². The number of nitrogens with one attached hydrogen (secondary N) is 2. The number of carbonyl (C=O) groups excluding carboxylic acids is 3. The summed E-state index contributed by atoms with van der Waals surface area (Å²) >= 11 is 0. The molecule has 0 bridgehead atoms. The zero-order valence-corrected chi connectivity index (χ0v) is 26.7. The van der Waals surface area contributed by atoms with Crippen LogP contribution in [0.2, 0.25) is 0 Å². The minimum Gasteiger partial charge on any atom is -0.345 e. The molecule has 2 saturated heterocycles. The fraction of sp³-hybridized carbons (Fsp3) is 0.647. The number of H-pyrrole nitrogens is 1. The highest BCUT2D eigenvalue weighted by Gasteiger charge is 2.54. The van der Waals surface area contributed by atoms with Crippen LogP contribution in [0.25, 0.3) is 0 Å². The number of rotatable bonds is 9. The third-order valence-electron chi connectivity index (χ3n) is 10.2. The lowest BCUT2D eigenvalue weighted by Gasteiger charge is -2.53. The van der Waals surface area contributed by atoms with Crippen molar-refractivity contribution in [3.05, 3.63) is 52.3 Å². The molecule has 2 aromatic rings. The van der Waals surface area contributed by atoms with Crippen molar-refractivity contribution >= 4 is 17.7 Å². The van der Waals surface area contributed by atoms with Gasteiger partial charge in [-0.1, -0.05) is 57.6 Å². The normalized spacial score (nSPS) is 22.1. The van der Waals surface area contributed by atoms with E-state index >= 15 is 0 Å². The molecule has 3 heterocycles. The van der Waals surface area contributed by atoms with E-state index in [-0.39, 0.29) is 23.8 Å². The predicted molar refractivity (Wildman–Crippen MR) is 168 cm³/mol. The quantitative estimate of drug-likeness (QED) is 0.439. The number of benzene rings is 1. The molecule has 5 rings (SSSR count). The summed E-state index contributed by atoms with van der Waals surface area (Å²) in [5, 5.41) is 10.9. The average molecular weight is 591 g/mol. The molecule has 1 aromatic carbocycles. The molecule has 1 unspecified atom stereocenters. The SMILES string of the molecule is CCCCN1C(=O)[C@H](CC2CCCCC2)NC(=O)C12CCN(C(c1ccc(C(=O)N(C)C)cc1)c1c(C)n[nH]c1C)CC2. The van der Waals surface area contributed by atoms with Crippen molar-refractivity contribution in [1.82, 2.24) is 30.2 Å². The van der Waals surface area contributed by atoms with Gasteiger partial charge >= 0.3 is 0 Å². The highest BCUT2D eigenvalue weighted by Crippen LogP contribution is 2.40. The predicted octanol–water partition coefficient (Wildman–Crippen LogP) is 4.75. The third-order valence-corrected chi connectivity index (χ3v) is 10.2. The third kappa shape index (κ3) is 6.24. The van der Waals surface area contributed by atoms with Crippen molar-refractivity contribution in [3.8, 4) is 0 Å². The zero-order chi connectivity index (χ0) is 30.7. The number of hydrogen-bond donors (Lipinski definition) is 2. The second-order valence-corrected chi connectivity index (χ2v) is 13.2. The summed E-state index contributed by atoms with van der Waals surface area (Å²) in [5.74, 6) is 0.642. The molecule has 1 aromatic heterocycles. The van der Waals surface area contributed by atoms with Gasteiger partial charge in [-0.3, -0.25) is 24.4 Å². The molecule has 234 valence electrons. The van der Waals surface area contributed by atoms with Crippen LogP contribution in [0.3, 0.4) is 0 Å². The Morgan fingerprint density at radius 2 is 1.74 bits per heavy atom. The minimum absolute atomic E-state index is 0.0272. The lowest BCUT2D eigenvalue weighted by Crippen LogP contribution is -2.73. The van der Waals surface area contributed by atoms with Crippen molar-refractivity contribution in [2.24, 2.45) is 5.92 Å². The van der Waals surface area contributed by atoms with Gasteiger partial charge in [0.2, 0.25) is 11.8 Å². The van der Waals surface area contributed by atoms with Gasteiger partial charge in [0, 0.05) is 50.6 Å². The van der Waals surface area contributed by atoms with E-state index in [1.807, 2.05) is 43.0 Å². The molecule has 3 fully saturated rings. The first-order valence-corrected chi connectivity index (χ1v) is 16.4. The molecule has 43 heavy (non-hydrogen) atoms. The molecule has 0 radical (unpaired) electrons. The van der Waals surface area contributed by atoms with E-state index in [1.165, 1.54) is 19.3 Å². The molecule has 2 aliphatic heterocycles. The van der Waals surface area contributed by atoms with Crippen LogP contribution < -0.4 is 5.32 Å². The lowest BCUT2D eigenvalue weighted by atomic mass is 9.78. The summed E-state index contributed by atoms with van der Waals surface area (Å²) in [6.07, 6.45) is 9.88. The molecule has 3 aliphatic rings. The van der Waals surface area contributed by atoms with Gasteiger partial charge in [-0.15, -0.1) is 0 Å². The van der Waals surface area contributed by atoms with Gasteiger partial charge in [0.05, 0.1) is 11.7 Å². The summed E-state index contributed by atoms with van der Waals surface area (Å²) in [6.45, 7) is 8.18. The fourth-order valence-corrected chi connectivity index (χ4v) is 7.67. The van der Waals surface area contributed by atoms with E-state index in [1.54, 1.807) is 19.0 Å². The molecule has 9 nitrogen and oxygen atoms in total. The van der Waals surface area contributed by atoms with E-state index in [0.29, 0.717) is 44.0 Å². The number of nitrogens with zero attached hydrogens (tertiary/aromatic N) is 4. The van der Waals surface area contributed by atoms with Gasteiger partial charge in [0.15, 0.2) is 0 Å². The molecule has 2 N–H and O–H groups in total. The molecule has 1 saturated carbocycles. The first-order chi connectivity index (χ1) is 20.7. The maximum Gasteiger partial charge on any atom is 0.253 e. The Kier molecular flexibility index (Phi) is 9.59. The second kappa shape index (κ2) is 13.2. The number of unbranched alkanes of at least 4 members (excludes halogenated alkanes) is 1. The molecule has 9 heteroatoms. The van der Waals surface area contributed by atoms with Gasteiger partial charge < -0.3 is 15.1 Å². The highest BCUT2D eigenvalue weighted by atomic mass is 16.2. The Morgan fingerprint density at radius 1 is 1.07 bits per heavy atom. The van der Waals surface area contributed by atoms with E-state index in [9.17, 15) is 14.4 Å². The number of aryl methyl sites for hydroxylation is 2. The topological polar surface area (TPSA) is 102 Å². The number of piperidine rings is 1. The van der Waals surface area contributed by atoms with Crippen molar-refractivity contribution in [2.45, 2.75) is 103 Å². The Morgan fingerprint density at radius 3 is 2.33 bits per heavy atom. The second-order valence-electron chi connectivity index (χ2n) is 13.2. The maximum absolute atomic E-state index is 14.0. The molecule has 2 atom stereocenters. The Hall–Kier alpha value is -3.20. The maximum atomic E-state index is 14.0. The van der Waals surface area contributed by atoms with Gasteiger partial charge in [0.1, 0.15) is 11.6 Å². The summed E-state index contributed by atoms with van der Waals surface area (Å²) < 4.78 is 0. The van der Waals surface area contributed by atoms with Crippen LogP contribution in [0.15, 0.2) is 24.3 Å². The van der Waals surface area contributed by atoms with Gasteiger partial charge in [-0.05, 0) is 63.1 Å². The molecular weight excluding hydrogens is 540 g/mol. The number of aromatic amines is 1. The number of hydrogen-bond acceptors (Lipinski definition) is 5. The first kappa shape index (κ1) is 31.2. The molecule has 1 aliphatic carbocycles. The molecule has 3 amide bonds. The van der Waals surface area contributed by atoms with Crippen LogP contribution in [0.4, 0.5) is 0 Å². The van der Waals surface area contributed by atoms with Gasteiger partial charge in [0.25, 0.3) is 5.91 Å². The standard InChI is InChI=1S/C34H50N6O3/c1-6-7-19-40-32(42)28(22-25-11-9-8-10-12-25)35-33(43)34(40)17-20-39(21-18-34)30(29-23(2)36-37-24(29)3)26-13-15-27(16-14-26)31(41)38(4)5/h13-16,25,28,30H,6-12,17-22H2,1-5H3,(H,35,43)(H,36,37)/t28-,30?/m0/s1. The zero-order valence-electron chi connectivity index (χ0n) is 26.7. The van der Waals surface area contributed by atoms with Crippen molar-refractivity contribution in [1.29, 1.82) is 0 Å². The van der Waals surface area contributed by atoms with Crippen molar-refractivity contribution < 1.29 is 14.4 Å². The van der Waals surface area contributed by atoms with E-state index in [0.717, 1.165) is 54.6 Å². The first-order valence-electron chi connectivity index (χ1n) is 16.4. The van der Waals surface area contributed by atoms with Crippen LogP contribution in [0.5, 0.6) is 0 Å². The number of piperazine rings is 1. The minimum atomic E-state index is -0.807. The van der Waals surface area contributed by atoms with E-state index in [2.05, 4.69) is 27.3 Å². The monoisotopic (exact) mass is 590 g/mol. The van der Waals surface area contributed by atoms with Crippen LogP contribution in [-0.4, -0.2) is 87.9 Å². The average Bonchev–Trinajstić information content (AvgIpc) is 3.34. The van der Waals surface area contributed by atoms with Crippen molar-refractivity contribution in [2.75, 3.05) is 33.7 Å². The highest BCUT2D eigenvalue weighted by molar-refractivity contribution is 6.00. The molecular formula is C34H50N6O3. The number of aromatic nitrogens is 2. The Bertz CT molecular complexity index is 1270. The number of amides is 3. The van der Waals surface area contributed by atoms with Crippen LogP contribution in [0, 0.1) is 19.8 Å². The van der Waals surface area contributed by atoms with Crippen molar-refractivity contribution in [3.63, 3.8) is 0 Å². The van der Waals surface area contributed by atoms with Crippen LogP contribution in [0.1, 0.15) is 110 Å². The van der Waals surface area contributed by atoms with E-state index in [4.69, 9.17) is 0 Å². The number of likely N-dealkylation sites (tertiary alicyclic amines) is 1. The van der Waals surface area contributed by atoms with Gasteiger partial charge in [-0.2, -0.15) is 5.10 Å². The van der Waals surface area contributed by atoms with E-state index < -0.39 is 11.6 Å². The lowest BCUT2D eigenvalue weighted by molar-refractivity contribution is -0.162. The smallest absolute Gasteiger partial charge is 0.253 e. The van der Waals surface area contributed by atoms with Crippen LogP contribution >= 0.6 is 0 Å². The summed E-state index contributed by atoms with van der Waals surface area (Å²) in [6, 6.07) is 7.39. The summed E-state index contributed by atoms with van der Waals surface area (Å²) in [5.41, 5.74) is 4.01. The summed E-state index contributed by atoms with van der Waals surface area (Å²) in [4.78, 5) is 46.6. The largest absolute Gasteiger partial charge is 0.345 e. The van der Waals surface area contributed by atoms with Crippen LogP contribution in [-0.2, 0) is 9.59 Å². The summed E-state index contributed by atoms with van der Waals surface area (Å²) in [7, 11) is 3.52. The fourth-order valence-electron chi connectivity index (χ4n) is 7.67. The Labute approximate surface area is 256 Å². The number of carbonyl (C=O) groups is 3.